The van der Waals surface area contributed by atoms with Gasteiger partial charge in [0, 0.05) is 12.6 Å². The van der Waals surface area contributed by atoms with Gasteiger partial charge in [0.1, 0.15) is 23.3 Å². The van der Waals surface area contributed by atoms with Crippen LogP contribution in [0.1, 0.15) is 21.6 Å². The second-order valence-corrected chi connectivity index (χ2v) is 6.69. The van der Waals surface area contributed by atoms with E-state index in [1.807, 2.05) is 31.2 Å². The van der Waals surface area contributed by atoms with Crippen molar-refractivity contribution < 1.29 is 14.5 Å². The first-order chi connectivity index (χ1) is 13.3. The molecule has 0 fully saturated rings. The van der Waals surface area contributed by atoms with Crippen LogP contribution >= 0.6 is 0 Å². The average molecular weight is 380 g/mol. The number of pyridine rings is 1. The van der Waals surface area contributed by atoms with Crippen molar-refractivity contribution in [3.8, 4) is 11.1 Å². The summed E-state index contributed by atoms with van der Waals surface area (Å²) in [5.74, 6) is -0.567. The number of aryl methyl sites for hydroxylation is 3. The maximum Gasteiger partial charge on any atom is 0.417 e. The quantitative estimate of drug-likeness (QED) is 0.509. The minimum absolute atomic E-state index is 0.0504. The molecule has 1 N–H and O–H groups in total. The summed E-state index contributed by atoms with van der Waals surface area (Å²) in [5, 5.41) is 0.256. The van der Waals surface area contributed by atoms with Gasteiger partial charge in [-0.1, -0.05) is 42.5 Å². The third-order valence-electron chi connectivity index (χ3n) is 4.69. The van der Waals surface area contributed by atoms with Gasteiger partial charge in [0.05, 0.1) is 7.05 Å². The van der Waals surface area contributed by atoms with Crippen LogP contribution in [0.15, 0.2) is 46.5 Å². The Morgan fingerprint density at radius 3 is 2.57 bits per heavy atom. The number of hydrogen-bond acceptors (Lipinski definition) is 4. The summed E-state index contributed by atoms with van der Waals surface area (Å²) in [6.45, 7) is 7.25. The number of aromatic amines is 1. The highest BCUT2D eigenvalue weighted by atomic mass is 16.5. The number of nitrogens with one attached hydrogen (secondary N) is 1. The van der Waals surface area contributed by atoms with Crippen molar-refractivity contribution in [3.05, 3.63) is 74.6 Å². The molecular formula is C21H22N3O4+. The van der Waals surface area contributed by atoms with Gasteiger partial charge in [-0.05, 0) is 19.4 Å². The maximum atomic E-state index is 13.0. The monoisotopic (exact) mass is 380 g/mol. The molecule has 0 unspecified atom stereocenters. The van der Waals surface area contributed by atoms with Gasteiger partial charge in [0.25, 0.3) is 11.2 Å². The zero-order valence-corrected chi connectivity index (χ0v) is 16.3. The number of carbonyl (C=O) groups excluding carboxylic acids is 1. The van der Waals surface area contributed by atoms with E-state index >= 15 is 0 Å². The van der Waals surface area contributed by atoms with Gasteiger partial charge >= 0.3 is 11.7 Å². The Labute approximate surface area is 161 Å². The van der Waals surface area contributed by atoms with E-state index in [0.29, 0.717) is 22.5 Å². The standard InChI is InChI=1S/C21H21N3O4/c1-6-10-28-20(26)15-13(3)22-18-17(19(25)24(5)21(27)23(18)4)16(15)14-9-7-8-12(2)11-14/h6-9,11H,1,10H2,2-5H3/p+1. The summed E-state index contributed by atoms with van der Waals surface area (Å²) in [4.78, 5) is 41.3. The molecule has 1 aromatic carbocycles. The zero-order valence-electron chi connectivity index (χ0n) is 16.3. The number of carbonyl (C=O) groups is 1. The molecule has 2 heterocycles. The van der Waals surface area contributed by atoms with Gasteiger partial charge in [0.15, 0.2) is 0 Å². The average Bonchev–Trinajstić information content (AvgIpc) is 2.67. The van der Waals surface area contributed by atoms with E-state index in [2.05, 4.69) is 11.6 Å². The summed E-state index contributed by atoms with van der Waals surface area (Å²) in [5.41, 5.74) is 2.29. The summed E-state index contributed by atoms with van der Waals surface area (Å²) >= 11 is 0. The normalized spacial score (nSPS) is 10.9. The van der Waals surface area contributed by atoms with Gasteiger partial charge < -0.3 is 4.74 Å². The minimum Gasteiger partial charge on any atom is -0.458 e. The van der Waals surface area contributed by atoms with Crippen molar-refractivity contribution in [2.45, 2.75) is 13.8 Å². The second kappa shape index (κ2) is 7.26. The number of aromatic nitrogens is 3. The Kier molecular flexibility index (Phi) is 5.00. The second-order valence-electron chi connectivity index (χ2n) is 6.69. The number of H-pyrrole nitrogens is 1. The first-order valence-corrected chi connectivity index (χ1v) is 8.78. The highest BCUT2D eigenvalue weighted by Gasteiger charge is 2.28. The van der Waals surface area contributed by atoms with Crippen LogP contribution in [0.3, 0.4) is 0 Å². The minimum atomic E-state index is -0.567. The van der Waals surface area contributed by atoms with Crippen LogP contribution in [0.2, 0.25) is 0 Å². The van der Waals surface area contributed by atoms with Gasteiger partial charge in [-0.25, -0.2) is 19.1 Å². The van der Waals surface area contributed by atoms with Gasteiger partial charge in [-0.15, -0.1) is 0 Å². The van der Waals surface area contributed by atoms with Gasteiger partial charge in [-0.2, -0.15) is 4.57 Å². The molecule has 0 bridgehead atoms. The first-order valence-electron chi connectivity index (χ1n) is 8.78. The molecule has 0 saturated heterocycles. The largest absolute Gasteiger partial charge is 0.458 e. The Morgan fingerprint density at radius 2 is 1.93 bits per heavy atom. The smallest absolute Gasteiger partial charge is 0.417 e. The maximum absolute atomic E-state index is 13.0. The van der Waals surface area contributed by atoms with Crippen LogP contribution in [0.5, 0.6) is 0 Å². The number of nitrogens with zero attached hydrogens (tertiary/aromatic N) is 2. The Morgan fingerprint density at radius 1 is 1.21 bits per heavy atom. The zero-order chi connectivity index (χ0) is 20.6. The molecule has 0 atom stereocenters. The number of ether oxygens (including phenoxy) is 1. The molecule has 0 aliphatic carbocycles. The predicted octanol–water partition coefficient (Wildman–Crippen LogP) is 1.68. The predicted molar refractivity (Wildman–Crippen MR) is 106 cm³/mol. The van der Waals surface area contributed by atoms with Crippen molar-refractivity contribution in [2.24, 2.45) is 14.1 Å². The van der Waals surface area contributed by atoms with E-state index < -0.39 is 17.2 Å². The molecule has 3 rings (SSSR count). The molecule has 144 valence electrons. The lowest BCUT2D eigenvalue weighted by molar-refractivity contribution is -0.359. The van der Waals surface area contributed by atoms with Crippen molar-refractivity contribution >= 4 is 17.0 Å². The van der Waals surface area contributed by atoms with E-state index in [9.17, 15) is 14.4 Å². The number of rotatable bonds is 4. The third-order valence-corrected chi connectivity index (χ3v) is 4.69. The lowest BCUT2D eigenvalue weighted by Crippen LogP contribution is -2.40. The highest BCUT2D eigenvalue weighted by molar-refractivity contribution is 6.06. The van der Waals surface area contributed by atoms with E-state index in [-0.39, 0.29) is 17.6 Å². The lowest BCUT2D eigenvalue weighted by atomic mass is 9.95. The number of fused-ring (bicyclic) bond motifs is 1. The first kappa shape index (κ1) is 19.3. The third kappa shape index (κ3) is 3.05. The summed E-state index contributed by atoms with van der Waals surface area (Å²) in [6, 6.07) is 7.50. The molecule has 0 amide bonds. The van der Waals surface area contributed by atoms with Crippen molar-refractivity contribution in [1.82, 2.24) is 9.13 Å². The molecule has 7 nitrogen and oxygen atoms in total. The van der Waals surface area contributed by atoms with Crippen LogP contribution < -0.4 is 16.2 Å². The number of benzene rings is 1. The van der Waals surface area contributed by atoms with Crippen LogP contribution in [0.25, 0.3) is 22.2 Å². The van der Waals surface area contributed by atoms with Gasteiger partial charge in [-0.3, -0.25) is 4.79 Å². The Bertz CT molecular complexity index is 1240. The molecule has 7 heteroatoms. The van der Waals surface area contributed by atoms with Crippen LogP contribution in [0.4, 0.5) is 0 Å². The number of hydrogen-bond donors (Lipinski definition) is 0. The van der Waals surface area contributed by atoms with Crippen molar-refractivity contribution in [1.29, 1.82) is 0 Å². The van der Waals surface area contributed by atoms with E-state index in [1.54, 1.807) is 14.0 Å². The summed E-state index contributed by atoms with van der Waals surface area (Å²) < 4.78 is 7.66. The fraction of sp³-hybridized carbons (Fsp3) is 0.238. The molecular weight excluding hydrogens is 358 g/mol. The molecule has 0 aliphatic heterocycles. The SMILES string of the molecule is C=CCOC(=O)c1c(C)[nH+]c2c(c1-c1cccc(C)c1)c(=O)n(C)c(=O)n2C. The molecule has 0 aliphatic rings. The van der Waals surface area contributed by atoms with E-state index in [1.165, 1.54) is 17.7 Å². The lowest BCUT2D eigenvalue weighted by Gasteiger charge is -2.14. The molecule has 2 aromatic heterocycles. The van der Waals surface area contributed by atoms with E-state index in [0.717, 1.165) is 10.1 Å². The molecule has 28 heavy (non-hydrogen) atoms. The summed E-state index contributed by atoms with van der Waals surface area (Å²) in [7, 11) is 3.00. The molecule has 0 spiro atoms. The van der Waals surface area contributed by atoms with Crippen molar-refractivity contribution in [3.63, 3.8) is 0 Å². The Balaban J connectivity index is 2.56. The van der Waals surface area contributed by atoms with Gasteiger partial charge in [0.2, 0.25) is 0 Å². The molecule has 0 radical (unpaired) electrons. The van der Waals surface area contributed by atoms with Crippen LogP contribution in [0, 0.1) is 13.8 Å². The topological polar surface area (TPSA) is 84.4 Å². The fourth-order valence-corrected chi connectivity index (χ4v) is 3.32. The van der Waals surface area contributed by atoms with Crippen LogP contribution in [-0.4, -0.2) is 21.7 Å². The molecule has 3 aromatic rings. The fourth-order valence-electron chi connectivity index (χ4n) is 3.32. The highest BCUT2D eigenvalue weighted by Crippen LogP contribution is 2.30. The van der Waals surface area contributed by atoms with E-state index in [4.69, 9.17) is 4.74 Å². The van der Waals surface area contributed by atoms with Crippen LogP contribution in [-0.2, 0) is 18.8 Å². The number of esters is 1. The Hall–Kier alpha value is -3.48. The summed E-state index contributed by atoms with van der Waals surface area (Å²) in [6.07, 6.45) is 1.48. The van der Waals surface area contributed by atoms with Crippen molar-refractivity contribution in [2.75, 3.05) is 6.61 Å². The molecule has 0 saturated carbocycles.